The number of rotatable bonds is 4. The molecule has 1 aromatic rings. The van der Waals surface area contributed by atoms with Crippen molar-refractivity contribution in [2.75, 3.05) is 0 Å². The fourth-order valence-corrected chi connectivity index (χ4v) is 1.49. The number of nitrogens with one attached hydrogen (secondary N) is 1. The molecule has 0 aromatic heterocycles. The maximum atomic E-state index is 10.9. The highest BCUT2D eigenvalue weighted by molar-refractivity contribution is 5.79. The molecular weight excluding hydrogens is 188 g/mol. The molecule has 15 heavy (non-hydrogen) atoms. The van der Waals surface area contributed by atoms with Crippen LogP contribution in [-0.4, -0.2) is 11.9 Å². The van der Waals surface area contributed by atoms with E-state index >= 15 is 0 Å². The van der Waals surface area contributed by atoms with E-state index in [9.17, 15) is 4.79 Å². The molecule has 0 spiro atoms. The van der Waals surface area contributed by atoms with Crippen molar-refractivity contribution in [2.24, 2.45) is 5.73 Å². The lowest BCUT2D eigenvalue weighted by molar-refractivity contribution is -0.119. The third kappa shape index (κ3) is 3.36. The van der Waals surface area contributed by atoms with E-state index in [4.69, 9.17) is 5.73 Å². The first-order chi connectivity index (χ1) is 7.00. The summed E-state index contributed by atoms with van der Waals surface area (Å²) in [6, 6.07) is 8.03. The summed E-state index contributed by atoms with van der Waals surface area (Å²) < 4.78 is 0. The number of hydrogen-bond donors (Lipinski definition) is 2. The summed E-state index contributed by atoms with van der Waals surface area (Å²) in [6.45, 7) is 5.84. The Morgan fingerprint density at radius 3 is 2.60 bits per heavy atom. The molecule has 82 valence electrons. The Kier molecular flexibility index (Phi) is 3.86. The lowest BCUT2D eigenvalue weighted by Gasteiger charge is -2.18. The molecule has 0 aliphatic carbocycles. The van der Waals surface area contributed by atoms with E-state index in [0.717, 1.165) is 0 Å². The highest BCUT2D eigenvalue weighted by Gasteiger charge is 2.12. The summed E-state index contributed by atoms with van der Waals surface area (Å²) in [5, 5.41) is 3.15. The monoisotopic (exact) mass is 206 g/mol. The van der Waals surface area contributed by atoms with E-state index in [1.165, 1.54) is 11.1 Å². The summed E-state index contributed by atoms with van der Waals surface area (Å²) in [6.07, 6.45) is 0. The third-order valence-corrected chi connectivity index (χ3v) is 2.47. The first kappa shape index (κ1) is 11.7. The summed E-state index contributed by atoms with van der Waals surface area (Å²) in [4.78, 5) is 10.9. The van der Waals surface area contributed by atoms with Gasteiger partial charge in [-0.2, -0.15) is 0 Å². The minimum atomic E-state index is -0.325. The molecule has 0 heterocycles. The highest BCUT2D eigenvalue weighted by atomic mass is 16.1. The average molecular weight is 206 g/mol. The molecule has 0 aliphatic rings. The first-order valence-electron chi connectivity index (χ1n) is 5.12. The Morgan fingerprint density at radius 2 is 2.07 bits per heavy atom. The van der Waals surface area contributed by atoms with Gasteiger partial charge in [-0.25, -0.2) is 0 Å². The van der Waals surface area contributed by atoms with Gasteiger partial charge in [0.25, 0.3) is 0 Å². The number of amides is 1. The SMILES string of the molecule is Cc1cccc(C(C)NC(C)C(N)=O)c1. The Labute approximate surface area is 90.7 Å². The van der Waals surface area contributed by atoms with Gasteiger partial charge in [-0.3, -0.25) is 10.1 Å². The number of nitrogens with two attached hydrogens (primary N) is 1. The Hall–Kier alpha value is -1.35. The van der Waals surface area contributed by atoms with Crippen LogP contribution in [0.1, 0.15) is 31.0 Å². The van der Waals surface area contributed by atoms with Crippen molar-refractivity contribution in [3.63, 3.8) is 0 Å². The number of aryl methyl sites for hydroxylation is 1. The van der Waals surface area contributed by atoms with Crippen LogP contribution in [0.15, 0.2) is 24.3 Å². The van der Waals surface area contributed by atoms with Gasteiger partial charge in [0.05, 0.1) is 6.04 Å². The molecular formula is C12H18N2O. The van der Waals surface area contributed by atoms with Gasteiger partial charge >= 0.3 is 0 Å². The van der Waals surface area contributed by atoms with Crippen LogP contribution in [0, 0.1) is 6.92 Å². The van der Waals surface area contributed by atoms with Crippen LogP contribution in [0.5, 0.6) is 0 Å². The Bertz CT molecular complexity index is 349. The highest BCUT2D eigenvalue weighted by Crippen LogP contribution is 2.14. The van der Waals surface area contributed by atoms with Crippen LogP contribution < -0.4 is 11.1 Å². The van der Waals surface area contributed by atoms with Crippen LogP contribution in [-0.2, 0) is 4.79 Å². The smallest absolute Gasteiger partial charge is 0.234 e. The minimum absolute atomic E-state index is 0.132. The van der Waals surface area contributed by atoms with Crippen molar-refractivity contribution in [3.05, 3.63) is 35.4 Å². The topological polar surface area (TPSA) is 55.1 Å². The standard InChI is InChI=1S/C12H18N2O/c1-8-5-4-6-11(7-8)9(2)14-10(3)12(13)15/h4-7,9-10,14H,1-3H3,(H2,13,15). The molecule has 3 heteroatoms. The second-order valence-electron chi connectivity index (χ2n) is 3.93. The summed E-state index contributed by atoms with van der Waals surface area (Å²) in [7, 11) is 0. The largest absolute Gasteiger partial charge is 0.368 e. The molecule has 0 radical (unpaired) electrons. The van der Waals surface area contributed by atoms with E-state index in [1.807, 2.05) is 32.0 Å². The molecule has 3 N–H and O–H groups in total. The maximum absolute atomic E-state index is 10.9. The number of carbonyl (C=O) groups excluding carboxylic acids is 1. The summed E-state index contributed by atoms with van der Waals surface area (Å²) in [5.74, 6) is -0.325. The van der Waals surface area contributed by atoms with Gasteiger partial charge in [-0.05, 0) is 26.3 Å². The molecule has 2 unspecified atom stereocenters. The zero-order valence-electron chi connectivity index (χ0n) is 9.45. The van der Waals surface area contributed by atoms with Gasteiger partial charge in [0.2, 0.25) is 5.91 Å². The molecule has 2 atom stereocenters. The van der Waals surface area contributed by atoms with Crippen molar-refractivity contribution in [3.8, 4) is 0 Å². The second-order valence-corrected chi connectivity index (χ2v) is 3.93. The van der Waals surface area contributed by atoms with Crippen LogP contribution in [0.2, 0.25) is 0 Å². The zero-order valence-corrected chi connectivity index (χ0v) is 9.45. The van der Waals surface area contributed by atoms with E-state index in [0.29, 0.717) is 0 Å². The lowest BCUT2D eigenvalue weighted by atomic mass is 10.1. The van der Waals surface area contributed by atoms with Crippen molar-refractivity contribution in [1.29, 1.82) is 0 Å². The predicted molar refractivity (Wildman–Crippen MR) is 61.4 cm³/mol. The molecule has 1 amide bonds. The van der Waals surface area contributed by atoms with Crippen molar-refractivity contribution < 1.29 is 4.79 Å². The zero-order chi connectivity index (χ0) is 11.4. The van der Waals surface area contributed by atoms with Crippen molar-refractivity contribution in [1.82, 2.24) is 5.32 Å². The fourth-order valence-electron chi connectivity index (χ4n) is 1.49. The van der Waals surface area contributed by atoms with Gasteiger partial charge in [0, 0.05) is 6.04 Å². The van der Waals surface area contributed by atoms with E-state index in [1.54, 1.807) is 6.92 Å². The molecule has 1 aromatic carbocycles. The molecule has 0 bridgehead atoms. The molecule has 1 rings (SSSR count). The average Bonchev–Trinajstić information content (AvgIpc) is 2.17. The maximum Gasteiger partial charge on any atom is 0.234 e. The molecule has 0 saturated carbocycles. The summed E-state index contributed by atoms with van der Waals surface area (Å²) in [5.41, 5.74) is 7.58. The van der Waals surface area contributed by atoms with Gasteiger partial charge in [-0.1, -0.05) is 29.8 Å². The summed E-state index contributed by atoms with van der Waals surface area (Å²) >= 11 is 0. The molecule has 0 fully saturated rings. The van der Waals surface area contributed by atoms with Crippen LogP contribution in [0.4, 0.5) is 0 Å². The predicted octanol–water partition coefficient (Wildman–Crippen LogP) is 1.52. The van der Waals surface area contributed by atoms with E-state index in [-0.39, 0.29) is 18.0 Å². The Morgan fingerprint density at radius 1 is 1.40 bits per heavy atom. The molecule has 0 saturated heterocycles. The van der Waals surface area contributed by atoms with Crippen LogP contribution in [0.25, 0.3) is 0 Å². The number of primary amides is 1. The fraction of sp³-hybridized carbons (Fsp3) is 0.417. The minimum Gasteiger partial charge on any atom is -0.368 e. The quantitative estimate of drug-likeness (QED) is 0.784. The van der Waals surface area contributed by atoms with Crippen molar-refractivity contribution in [2.45, 2.75) is 32.9 Å². The first-order valence-corrected chi connectivity index (χ1v) is 5.12. The van der Waals surface area contributed by atoms with E-state index in [2.05, 4.69) is 11.4 Å². The van der Waals surface area contributed by atoms with Crippen LogP contribution in [0.3, 0.4) is 0 Å². The van der Waals surface area contributed by atoms with Gasteiger partial charge in [0.15, 0.2) is 0 Å². The number of benzene rings is 1. The van der Waals surface area contributed by atoms with Gasteiger partial charge in [0.1, 0.15) is 0 Å². The third-order valence-electron chi connectivity index (χ3n) is 2.47. The lowest BCUT2D eigenvalue weighted by Crippen LogP contribution is -2.39. The number of hydrogen-bond acceptors (Lipinski definition) is 2. The Balaban J connectivity index is 2.68. The van der Waals surface area contributed by atoms with Crippen LogP contribution >= 0.6 is 0 Å². The second kappa shape index (κ2) is 4.94. The van der Waals surface area contributed by atoms with Gasteiger partial charge < -0.3 is 5.73 Å². The molecule has 0 aliphatic heterocycles. The van der Waals surface area contributed by atoms with Crippen molar-refractivity contribution >= 4 is 5.91 Å². The number of carbonyl (C=O) groups is 1. The van der Waals surface area contributed by atoms with E-state index < -0.39 is 0 Å². The molecule has 3 nitrogen and oxygen atoms in total. The van der Waals surface area contributed by atoms with Gasteiger partial charge in [-0.15, -0.1) is 0 Å². The normalized spacial score (nSPS) is 14.6.